The molecule has 2 aromatic carbocycles. The minimum atomic E-state index is -2.17. The number of piperazine rings is 1. The molecule has 1 aliphatic rings. The fourth-order valence-electron chi connectivity index (χ4n) is 3.44. The van der Waals surface area contributed by atoms with Crippen LogP contribution in [0.25, 0.3) is 0 Å². The Morgan fingerprint density at radius 2 is 1.31 bits per heavy atom. The van der Waals surface area contributed by atoms with Crippen LogP contribution in [-0.2, 0) is 0 Å². The van der Waals surface area contributed by atoms with Gasteiger partial charge in [-0.15, -0.1) is 0 Å². The van der Waals surface area contributed by atoms with Gasteiger partial charge in [0.25, 0.3) is 5.91 Å². The van der Waals surface area contributed by atoms with Crippen molar-refractivity contribution in [2.45, 2.75) is 0 Å². The van der Waals surface area contributed by atoms with Gasteiger partial charge < -0.3 is 19.5 Å². The largest absolute Gasteiger partial charge is 0.444 e. The predicted molar refractivity (Wildman–Crippen MR) is 111 cm³/mol. The lowest BCUT2D eigenvalue weighted by molar-refractivity contribution is 0.0995. The van der Waals surface area contributed by atoms with E-state index < -0.39 is 40.7 Å². The number of nitrogens with zero attached hydrogens (tertiary/aromatic N) is 2. The average molecular weight is 516 g/mol. The smallest absolute Gasteiger partial charge is 0.291 e. The lowest BCUT2D eigenvalue weighted by atomic mass is 10.2. The SMILES string of the molecule is O=C(Nc1ccc(N2CCN(c3c(F)c(F)c(F)c(F)c3F)CC2)cc1)c1ccc(Br)o1. The van der Waals surface area contributed by atoms with Gasteiger partial charge in [-0.1, -0.05) is 0 Å². The van der Waals surface area contributed by atoms with Crippen molar-refractivity contribution in [2.75, 3.05) is 41.3 Å². The van der Waals surface area contributed by atoms with E-state index in [9.17, 15) is 26.7 Å². The van der Waals surface area contributed by atoms with Crippen molar-refractivity contribution in [1.29, 1.82) is 0 Å². The van der Waals surface area contributed by atoms with Crippen molar-refractivity contribution >= 4 is 38.9 Å². The van der Waals surface area contributed by atoms with Gasteiger partial charge in [-0.2, -0.15) is 0 Å². The van der Waals surface area contributed by atoms with Crippen molar-refractivity contribution in [1.82, 2.24) is 0 Å². The van der Waals surface area contributed by atoms with Gasteiger partial charge in [0.2, 0.25) is 5.82 Å². The number of hydrogen-bond donors (Lipinski definition) is 1. The Morgan fingerprint density at radius 1 is 0.781 bits per heavy atom. The first-order chi connectivity index (χ1) is 15.3. The number of benzene rings is 2. The fourth-order valence-corrected chi connectivity index (χ4v) is 3.75. The number of halogens is 6. The van der Waals surface area contributed by atoms with Gasteiger partial charge >= 0.3 is 0 Å². The number of carbonyl (C=O) groups excluding carboxylic acids is 1. The third-order valence-corrected chi connectivity index (χ3v) is 5.50. The topological polar surface area (TPSA) is 48.7 Å². The number of rotatable bonds is 4. The van der Waals surface area contributed by atoms with Gasteiger partial charge in [-0.25, -0.2) is 22.0 Å². The first-order valence-electron chi connectivity index (χ1n) is 9.44. The minimum absolute atomic E-state index is 0.0597. The quantitative estimate of drug-likeness (QED) is 0.290. The number of nitrogens with one attached hydrogen (secondary N) is 1. The molecule has 1 saturated heterocycles. The molecule has 5 nitrogen and oxygen atoms in total. The molecule has 168 valence electrons. The third kappa shape index (κ3) is 4.16. The van der Waals surface area contributed by atoms with Crippen LogP contribution in [0, 0.1) is 29.1 Å². The highest BCUT2D eigenvalue weighted by molar-refractivity contribution is 9.10. The van der Waals surface area contributed by atoms with Gasteiger partial charge in [0, 0.05) is 37.6 Å². The van der Waals surface area contributed by atoms with Gasteiger partial charge in [-0.05, 0) is 52.3 Å². The predicted octanol–water partition coefficient (Wildman–Crippen LogP) is 5.32. The standard InChI is InChI=1S/C21H15BrF5N3O2/c22-14-6-5-13(32-14)21(31)28-11-1-3-12(4-2-11)29-7-9-30(10-8-29)20-18(26)16(24)15(23)17(25)19(20)27/h1-6H,7-10H2,(H,28,31). The Labute approximate surface area is 187 Å². The van der Waals surface area contributed by atoms with Crippen LogP contribution < -0.4 is 15.1 Å². The maximum Gasteiger partial charge on any atom is 0.291 e. The zero-order chi connectivity index (χ0) is 23.0. The van der Waals surface area contributed by atoms with Crippen LogP contribution >= 0.6 is 15.9 Å². The van der Waals surface area contributed by atoms with E-state index in [0.717, 1.165) is 10.6 Å². The van der Waals surface area contributed by atoms with Crippen LogP contribution in [-0.4, -0.2) is 32.1 Å². The monoisotopic (exact) mass is 515 g/mol. The van der Waals surface area contributed by atoms with Gasteiger partial charge in [0.1, 0.15) is 5.69 Å². The van der Waals surface area contributed by atoms with E-state index in [1.807, 2.05) is 4.90 Å². The maximum atomic E-state index is 14.1. The molecule has 2 heterocycles. The summed E-state index contributed by atoms with van der Waals surface area (Å²) in [5.41, 5.74) is 0.399. The summed E-state index contributed by atoms with van der Waals surface area (Å²) in [6, 6.07) is 9.99. The van der Waals surface area contributed by atoms with Crippen LogP contribution in [0.3, 0.4) is 0 Å². The lowest BCUT2D eigenvalue weighted by Crippen LogP contribution is -2.47. The zero-order valence-electron chi connectivity index (χ0n) is 16.3. The Balaban J connectivity index is 1.41. The second-order valence-electron chi connectivity index (χ2n) is 7.00. The van der Waals surface area contributed by atoms with E-state index in [1.165, 1.54) is 6.07 Å². The van der Waals surface area contributed by atoms with Gasteiger partial charge in [0.15, 0.2) is 33.7 Å². The summed E-state index contributed by atoms with van der Waals surface area (Å²) in [6.07, 6.45) is 0. The maximum absolute atomic E-state index is 14.1. The van der Waals surface area contributed by atoms with Crippen LogP contribution in [0.1, 0.15) is 10.6 Å². The van der Waals surface area contributed by atoms with Crippen molar-refractivity contribution < 1.29 is 31.2 Å². The Morgan fingerprint density at radius 3 is 1.84 bits per heavy atom. The van der Waals surface area contributed by atoms with E-state index in [0.29, 0.717) is 23.4 Å². The first-order valence-corrected chi connectivity index (χ1v) is 10.2. The van der Waals surface area contributed by atoms with E-state index in [4.69, 9.17) is 4.42 Å². The fraction of sp³-hybridized carbons (Fsp3) is 0.190. The number of hydrogen-bond acceptors (Lipinski definition) is 4. The minimum Gasteiger partial charge on any atom is -0.444 e. The first kappa shape index (κ1) is 22.1. The molecule has 0 radical (unpaired) electrons. The molecule has 0 unspecified atom stereocenters. The second kappa shape index (κ2) is 8.81. The molecule has 0 atom stereocenters. The van der Waals surface area contributed by atoms with E-state index in [-0.39, 0.29) is 18.8 Å². The molecule has 1 amide bonds. The lowest BCUT2D eigenvalue weighted by Gasteiger charge is -2.37. The molecule has 0 saturated carbocycles. The van der Waals surface area contributed by atoms with Crippen molar-refractivity contribution in [3.05, 3.63) is 75.9 Å². The molecule has 3 aromatic rings. The molecule has 32 heavy (non-hydrogen) atoms. The molecule has 1 fully saturated rings. The third-order valence-electron chi connectivity index (χ3n) is 5.07. The van der Waals surface area contributed by atoms with Crippen LogP contribution in [0.4, 0.5) is 39.0 Å². The Kier molecular flexibility index (Phi) is 6.09. The molecule has 0 bridgehead atoms. The molecule has 0 spiro atoms. The van der Waals surface area contributed by atoms with Crippen LogP contribution in [0.5, 0.6) is 0 Å². The van der Waals surface area contributed by atoms with Crippen LogP contribution in [0.15, 0.2) is 45.5 Å². The second-order valence-corrected chi connectivity index (χ2v) is 7.78. The molecule has 4 rings (SSSR count). The summed E-state index contributed by atoms with van der Waals surface area (Å²) in [4.78, 5) is 15.2. The summed E-state index contributed by atoms with van der Waals surface area (Å²) in [5.74, 6) is -10.0. The van der Waals surface area contributed by atoms with E-state index in [2.05, 4.69) is 21.2 Å². The zero-order valence-corrected chi connectivity index (χ0v) is 17.9. The highest BCUT2D eigenvalue weighted by Crippen LogP contribution is 2.31. The summed E-state index contributed by atoms with van der Waals surface area (Å²) < 4.78 is 74.0. The molecule has 1 N–H and O–H groups in total. The molecule has 0 aliphatic carbocycles. The number of furan rings is 1. The normalized spacial score (nSPS) is 14.1. The number of anilines is 3. The van der Waals surface area contributed by atoms with Gasteiger partial charge in [0.05, 0.1) is 0 Å². The summed E-state index contributed by atoms with van der Waals surface area (Å²) in [7, 11) is 0. The van der Waals surface area contributed by atoms with E-state index >= 15 is 0 Å². The Bertz CT molecular complexity index is 1130. The highest BCUT2D eigenvalue weighted by atomic mass is 79.9. The molecule has 11 heteroatoms. The molecule has 1 aromatic heterocycles. The molecular formula is C21H15BrF5N3O2. The number of amides is 1. The average Bonchev–Trinajstić information content (AvgIpc) is 3.24. The summed E-state index contributed by atoms with van der Waals surface area (Å²) in [5, 5.41) is 2.69. The van der Waals surface area contributed by atoms with Crippen LogP contribution in [0.2, 0.25) is 0 Å². The van der Waals surface area contributed by atoms with Gasteiger partial charge in [-0.3, -0.25) is 4.79 Å². The van der Waals surface area contributed by atoms with Crippen molar-refractivity contribution in [3.8, 4) is 0 Å². The highest BCUT2D eigenvalue weighted by Gasteiger charge is 2.30. The summed E-state index contributed by atoms with van der Waals surface area (Å²) in [6.45, 7) is 0.714. The summed E-state index contributed by atoms with van der Waals surface area (Å²) >= 11 is 3.13. The number of carbonyl (C=O) groups is 1. The van der Waals surface area contributed by atoms with Crippen molar-refractivity contribution in [2.24, 2.45) is 0 Å². The van der Waals surface area contributed by atoms with E-state index in [1.54, 1.807) is 30.3 Å². The molecular weight excluding hydrogens is 501 g/mol. The van der Waals surface area contributed by atoms with Crippen molar-refractivity contribution in [3.63, 3.8) is 0 Å². The molecule has 1 aliphatic heterocycles. The Hall–Kier alpha value is -3.08.